The second kappa shape index (κ2) is 8.14. The number of benzene rings is 1. The van der Waals surface area contributed by atoms with E-state index in [0.29, 0.717) is 12.8 Å². The topological polar surface area (TPSA) is 105 Å². The Morgan fingerprint density at radius 3 is 2.54 bits per heavy atom. The third kappa shape index (κ3) is 3.67. The molecule has 35 heavy (non-hydrogen) atoms. The van der Waals surface area contributed by atoms with Crippen LogP contribution in [0.25, 0.3) is 0 Å². The molecule has 0 radical (unpaired) electrons. The first-order valence-electron chi connectivity index (χ1n) is 12.4. The number of aliphatic hydroxyl groups is 1. The number of esters is 1. The van der Waals surface area contributed by atoms with E-state index in [0.717, 1.165) is 11.6 Å². The quantitative estimate of drug-likeness (QED) is 0.384. The van der Waals surface area contributed by atoms with Crippen LogP contribution in [0.4, 0.5) is 0 Å². The van der Waals surface area contributed by atoms with Gasteiger partial charge in [0, 0.05) is 24.0 Å². The number of nitrogens with one attached hydrogen (secondary N) is 1. The van der Waals surface area contributed by atoms with Gasteiger partial charge in [0.05, 0.1) is 17.6 Å². The monoisotopic (exact) mass is 479 g/mol. The number of carbonyl (C=O) groups is 3. The van der Waals surface area contributed by atoms with Crippen LogP contribution in [-0.2, 0) is 30.3 Å². The van der Waals surface area contributed by atoms with E-state index in [9.17, 15) is 19.5 Å². The number of fused-ring (bicyclic) bond motifs is 2. The van der Waals surface area contributed by atoms with Crippen LogP contribution in [0.1, 0.15) is 39.7 Å². The lowest BCUT2D eigenvalue weighted by molar-refractivity contribution is -0.177. The summed E-state index contributed by atoms with van der Waals surface area (Å²) >= 11 is 0. The Labute approximate surface area is 205 Å². The second-order valence-electron chi connectivity index (χ2n) is 11.0. The third-order valence-electron chi connectivity index (χ3n) is 8.64. The van der Waals surface area contributed by atoms with Gasteiger partial charge >= 0.3 is 5.97 Å². The molecule has 0 unspecified atom stereocenters. The number of allylic oxidation sites excluding steroid dienone is 1. The smallest absolute Gasteiger partial charge is 0.331 e. The summed E-state index contributed by atoms with van der Waals surface area (Å²) in [7, 11) is 0. The molecule has 3 fully saturated rings. The van der Waals surface area contributed by atoms with E-state index in [-0.39, 0.29) is 35.7 Å². The highest BCUT2D eigenvalue weighted by Crippen LogP contribution is 2.63. The Morgan fingerprint density at radius 1 is 1.11 bits per heavy atom. The van der Waals surface area contributed by atoms with Crippen molar-refractivity contribution in [2.24, 2.45) is 23.7 Å². The van der Waals surface area contributed by atoms with Crippen molar-refractivity contribution in [2.75, 3.05) is 0 Å². The van der Waals surface area contributed by atoms with Crippen LogP contribution in [0.15, 0.2) is 54.6 Å². The van der Waals surface area contributed by atoms with Crippen molar-refractivity contribution in [2.45, 2.75) is 69.5 Å². The summed E-state index contributed by atoms with van der Waals surface area (Å²) in [6.07, 6.45) is 6.70. The van der Waals surface area contributed by atoms with E-state index in [4.69, 9.17) is 9.47 Å². The SMILES string of the molecule is C[C@H]1C/C=C\[C@H]2[C@@H]3O[C@]3(C)[C@@H](C)[C@H]3[C@H](Cc4ccccc4)NC(=O)[C@@]32OC(=O)/C=C\[C@@](C)(O)C1=O. The molecule has 186 valence electrons. The maximum atomic E-state index is 13.8. The maximum Gasteiger partial charge on any atom is 0.331 e. The lowest BCUT2D eigenvalue weighted by Crippen LogP contribution is -2.61. The standard InChI is InChI=1S/C28H33NO6/c1-16-9-8-12-19-24-27(4,35-24)17(2)22-20(15-18-10-6-5-7-11-18)29-25(32)28(19,22)34-21(30)13-14-26(3,33)23(16)31/h5-8,10-14,16-17,19-20,22,24,33H,9,15H2,1-4H3,(H,29,32)/b12-8-,14-13-/t16-,17-,19-,20-,22-,24-,26+,27+,28-/m0/s1. The molecule has 0 bridgehead atoms. The average Bonchev–Trinajstić information content (AvgIpc) is 3.44. The van der Waals surface area contributed by atoms with Gasteiger partial charge in [-0.1, -0.05) is 56.3 Å². The molecule has 1 saturated carbocycles. The van der Waals surface area contributed by atoms with Crippen molar-refractivity contribution in [3.63, 3.8) is 0 Å². The Morgan fingerprint density at radius 2 is 1.83 bits per heavy atom. The van der Waals surface area contributed by atoms with Crippen molar-refractivity contribution in [3.05, 3.63) is 60.2 Å². The Bertz CT molecular complexity index is 1110. The molecule has 9 atom stereocenters. The Hall–Kier alpha value is -2.77. The molecule has 0 aromatic heterocycles. The number of Topliss-reactive ketones (excluding diaryl/α,β-unsaturated/α-hetero) is 1. The van der Waals surface area contributed by atoms with Gasteiger partial charge in [0.15, 0.2) is 5.78 Å². The highest BCUT2D eigenvalue weighted by Gasteiger charge is 2.78. The molecule has 7 nitrogen and oxygen atoms in total. The summed E-state index contributed by atoms with van der Waals surface area (Å²) in [6, 6.07) is 9.69. The lowest BCUT2D eigenvalue weighted by Gasteiger charge is -2.45. The number of epoxide rings is 1. The Balaban J connectivity index is 1.60. The van der Waals surface area contributed by atoms with Gasteiger partial charge in [-0.05, 0) is 44.2 Å². The zero-order valence-electron chi connectivity index (χ0n) is 20.6. The summed E-state index contributed by atoms with van der Waals surface area (Å²) in [5.74, 6) is -2.81. The second-order valence-corrected chi connectivity index (χ2v) is 11.0. The minimum absolute atomic E-state index is 0.0573. The molecule has 4 aliphatic rings. The fourth-order valence-electron chi connectivity index (χ4n) is 6.55. The molecule has 2 saturated heterocycles. The molecule has 3 heterocycles. The highest BCUT2D eigenvalue weighted by atomic mass is 16.6. The van der Waals surface area contributed by atoms with E-state index in [2.05, 4.69) is 19.2 Å². The first-order valence-corrected chi connectivity index (χ1v) is 12.4. The molecule has 3 aliphatic heterocycles. The normalized spacial score (nSPS) is 46.6. The van der Waals surface area contributed by atoms with Gasteiger partial charge in [-0.25, -0.2) is 4.79 Å². The van der Waals surface area contributed by atoms with Crippen LogP contribution in [0, 0.1) is 23.7 Å². The minimum Gasteiger partial charge on any atom is -0.445 e. The van der Waals surface area contributed by atoms with Crippen molar-refractivity contribution in [1.29, 1.82) is 0 Å². The average molecular weight is 480 g/mol. The van der Waals surface area contributed by atoms with Gasteiger partial charge in [-0.3, -0.25) is 9.59 Å². The van der Waals surface area contributed by atoms with Crippen molar-refractivity contribution >= 4 is 17.7 Å². The first kappa shape index (κ1) is 23.9. The van der Waals surface area contributed by atoms with Crippen LogP contribution in [-0.4, -0.2) is 51.7 Å². The number of hydrogen-bond donors (Lipinski definition) is 2. The summed E-state index contributed by atoms with van der Waals surface area (Å²) in [6.45, 7) is 7.23. The molecule has 2 N–H and O–H groups in total. The van der Waals surface area contributed by atoms with Crippen LogP contribution in [0.2, 0.25) is 0 Å². The molecule has 7 heteroatoms. The zero-order chi connectivity index (χ0) is 25.2. The number of rotatable bonds is 2. The van der Waals surface area contributed by atoms with Gasteiger partial charge in [0.25, 0.3) is 5.91 Å². The van der Waals surface area contributed by atoms with Gasteiger partial charge in [0.2, 0.25) is 5.60 Å². The van der Waals surface area contributed by atoms with E-state index >= 15 is 0 Å². The summed E-state index contributed by atoms with van der Waals surface area (Å²) < 4.78 is 12.3. The number of amides is 1. The lowest BCUT2D eigenvalue weighted by atomic mass is 9.59. The predicted molar refractivity (Wildman–Crippen MR) is 128 cm³/mol. The largest absolute Gasteiger partial charge is 0.445 e. The molecular weight excluding hydrogens is 446 g/mol. The molecule has 1 aromatic rings. The summed E-state index contributed by atoms with van der Waals surface area (Å²) in [5, 5.41) is 13.8. The van der Waals surface area contributed by atoms with Crippen molar-refractivity contribution in [3.8, 4) is 0 Å². The van der Waals surface area contributed by atoms with E-state index in [1.165, 1.54) is 13.0 Å². The van der Waals surface area contributed by atoms with Gasteiger partial charge in [-0.2, -0.15) is 0 Å². The summed E-state index contributed by atoms with van der Waals surface area (Å²) in [5.41, 5.74) is -2.61. The minimum atomic E-state index is -1.81. The Kier molecular flexibility index (Phi) is 5.57. The van der Waals surface area contributed by atoms with Crippen LogP contribution in [0.3, 0.4) is 0 Å². The van der Waals surface area contributed by atoms with Crippen LogP contribution < -0.4 is 5.32 Å². The molecule has 1 spiro atoms. The van der Waals surface area contributed by atoms with E-state index < -0.39 is 34.6 Å². The number of carbonyl (C=O) groups excluding carboxylic acids is 3. The number of ether oxygens (including phenoxy) is 2. The van der Waals surface area contributed by atoms with E-state index in [1.807, 2.05) is 42.5 Å². The highest BCUT2D eigenvalue weighted by molar-refractivity contribution is 5.96. The first-order chi connectivity index (χ1) is 16.5. The molecule has 1 aliphatic carbocycles. The van der Waals surface area contributed by atoms with Crippen molar-refractivity contribution in [1.82, 2.24) is 5.32 Å². The molecule has 1 aromatic carbocycles. The molecule has 5 rings (SSSR count). The van der Waals surface area contributed by atoms with Crippen LogP contribution >= 0.6 is 0 Å². The predicted octanol–water partition coefficient (Wildman–Crippen LogP) is 2.52. The number of hydrogen-bond acceptors (Lipinski definition) is 6. The zero-order valence-corrected chi connectivity index (χ0v) is 20.6. The summed E-state index contributed by atoms with van der Waals surface area (Å²) in [4.78, 5) is 39.6. The van der Waals surface area contributed by atoms with Gasteiger partial charge < -0.3 is 19.9 Å². The van der Waals surface area contributed by atoms with Crippen molar-refractivity contribution < 1.29 is 29.0 Å². The van der Waals surface area contributed by atoms with Gasteiger partial charge in [0.1, 0.15) is 5.60 Å². The third-order valence-corrected chi connectivity index (χ3v) is 8.64. The van der Waals surface area contributed by atoms with Gasteiger partial charge in [-0.15, -0.1) is 0 Å². The fourth-order valence-corrected chi connectivity index (χ4v) is 6.55. The van der Waals surface area contributed by atoms with Crippen LogP contribution in [0.5, 0.6) is 0 Å². The number of ketones is 1. The van der Waals surface area contributed by atoms with E-state index in [1.54, 1.807) is 6.92 Å². The fraction of sp³-hybridized carbons (Fsp3) is 0.536. The molecule has 1 amide bonds. The molecular formula is C28H33NO6. The maximum absolute atomic E-state index is 13.8.